The van der Waals surface area contributed by atoms with Gasteiger partial charge < -0.3 is 15.2 Å². The van der Waals surface area contributed by atoms with E-state index in [-0.39, 0.29) is 16.9 Å². The van der Waals surface area contributed by atoms with E-state index in [0.29, 0.717) is 5.75 Å². The highest BCUT2D eigenvalue weighted by Crippen LogP contribution is 2.17. The molecule has 0 aliphatic carbocycles. The highest BCUT2D eigenvalue weighted by Gasteiger charge is 2.13. The molecule has 2 heterocycles. The van der Waals surface area contributed by atoms with Crippen molar-refractivity contribution >= 4 is 17.7 Å². The molecule has 2 aromatic rings. The van der Waals surface area contributed by atoms with Gasteiger partial charge in [0.1, 0.15) is 11.6 Å². The number of ether oxygens (including phenoxy) is 1. The average molecular weight is 273 g/mol. The van der Waals surface area contributed by atoms with Crippen molar-refractivity contribution in [2.75, 3.05) is 12.4 Å². The summed E-state index contributed by atoms with van der Waals surface area (Å²) in [7, 11) is 1.43. The first kappa shape index (κ1) is 13.5. The lowest BCUT2D eigenvalue weighted by atomic mass is 10.2. The van der Waals surface area contributed by atoms with Gasteiger partial charge in [-0.15, -0.1) is 0 Å². The molecular weight excluding hydrogens is 262 g/mol. The first-order valence-corrected chi connectivity index (χ1v) is 5.60. The van der Waals surface area contributed by atoms with Crippen molar-refractivity contribution < 1.29 is 19.4 Å². The first-order valence-electron chi connectivity index (χ1n) is 5.60. The highest BCUT2D eigenvalue weighted by molar-refractivity contribution is 6.06. The fraction of sp³-hybridized carbons (Fsp3) is 0.0769. The monoisotopic (exact) mass is 273 g/mol. The lowest BCUT2D eigenvalue weighted by Crippen LogP contribution is -2.14. The summed E-state index contributed by atoms with van der Waals surface area (Å²) >= 11 is 0. The normalized spacial score (nSPS) is 9.85. The Morgan fingerprint density at radius 3 is 2.80 bits per heavy atom. The third kappa shape index (κ3) is 2.89. The number of hydrogen-bond donors (Lipinski definition) is 2. The van der Waals surface area contributed by atoms with Crippen molar-refractivity contribution in [2.45, 2.75) is 0 Å². The summed E-state index contributed by atoms with van der Waals surface area (Å²) in [6.45, 7) is 0. The van der Waals surface area contributed by atoms with E-state index < -0.39 is 11.9 Å². The summed E-state index contributed by atoms with van der Waals surface area (Å²) in [6, 6.07) is 4.11. The zero-order chi connectivity index (χ0) is 14.5. The van der Waals surface area contributed by atoms with Gasteiger partial charge in [-0.25, -0.2) is 9.78 Å². The molecule has 0 bridgehead atoms. The van der Waals surface area contributed by atoms with Crippen molar-refractivity contribution in [2.24, 2.45) is 0 Å². The molecule has 0 atom stereocenters. The molecule has 7 nitrogen and oxygen atoms in total. The van der Waals surface area contributed by atoms with E-state index >= 15 is 0 Å². The number of hydrogen-bond acceptors (Lipinski definition) is 5. The van der Waals surface area contributed by atoms with Crippen molar-refractivity contribution in [3.8, 4) is 5.75 Å². The lowest BCUT2D eigenvalue weighted by Gasteiger charge is -2.08. The number of nitrogens with one attached hydrogen (secondary N) is 1. The second-order valence-electron chi connectivity index (χ2n) is 3.76. The van der Waals surface area contributed by atoms with Crippen LogP contribution < -0.4 is 10.1 Å². The summed E-state index contributed by atoms with van der Waals surface area (Å²) in [5.41, 5.74) is 0.321. The van der Waals surface area contributed by atoms with Crippen LogP contribution in [-0.4, -0.2) is 34.1 Å². The third-order valence-electron chi connectivity index (χ3n) is 2.50. The molecule has 0 fully saturated rings. The van der Waals surface area contributed by atoms with Gasteiger partial charge in [0, 0.05) is 12.4 Å². The molecule has 0 aliphatic heterocycles. The molecule has 0 spiro atoms. The van der Waals surface area contributed by atoms with Crippen molar-refractivity contribution in [1.29, 1.82) is 0 Å². The predicted molar refractivity (Wildman–Crippen MR) is 69.9 cm³/mol. The molecule has 2 N–H and O–H groups in total. The van der Waals surface area contributed by atoms with Crippen LogP contribution in [0, 0.1) is 0 Å². The molecule has 0 radical (unpaired) electrons. The quantitative estimate of drug-likeness (QED) is 0.873. The van der Waals surface area contributed by atoms with E-state index in [4.69, 9.17) is 9.84 Å². The van der Waals surface area contributed by atoms with Crippen LogP contribution in [0.15, 0.2) is 36.8 Å². The summed E-state index contributed by atoms with van der Waals surface area (Å²) in [4.78, 5) is 30.6. The number of amides is 1. The number of carbonyl (C=O) groups excluding carboxylic acids is 1. The highest BCUT2D eigenvalue weighted by atomic mass is 16.5. The van der Waals surface area contributed by atoms with Crippen LogP contribution in [0.3, 0.4) is 0 Å². The number of carbonyl (C=O) groups is 2. The second kappa shape index (κ2) is 5.79. The molecule has 7 heteroatoms. The van der Waals surface area contributed by atoms with Gasteiger partial charge in [-0.05, 0) is 18.2 Å². The van der Waals surface area contributed by atoms with Crippen molar-refractivity contribution in [1.82, 2.24) is 9.97 Å². The Balaban J connectivity index is 2.23. The maximum absolute atomic E-state index is 12.1. The molecule has 2 aromatic heterocycles. The Labute approximate surface area is 114 Å². The second-order valence-corrected chi connectivity index (χ2v) is 3.76. The fourth-order valence-electron chi connectivity index (χ4n) is 1.55. The standard InChI is InChI=1S/C13H11N3O4/c1-20-10-7-14-4-3-9(10)12(17)16-11-6-8(13(18)19)2-5-15-11/h2-7H,1H3,(H,18,19)(H,15,16,17). The van der Waals surface area contributed by atoms with Crippen LogP contribution in [0.5, 0.6) is 5.75 Å². The van der Waals surface area contributed by atoms with Crippen molar-refractivity contribution in [3.63, 3.8) is 0 Å². The fourth-order valence-corrected chi connectivity index (χ4v) is 1.55. The average Bonchev–Trinajstić information content (AvgIpc) is 2.47. The van der Waals surface area contributed by atoms with Crippen LogP contribution in [0.25, 0.3) is 0 Å². The minimum absolute atomic E-state index is 0.0389. The predicted octanol–water partition coefficient (Wildman–Crippen LogP) is 1.44. The van der Waals surface area contributed by atoms with Gasteiger partial charge in [0.15, 0.2) is 0 Å². The van der Waals surface area contributed by atoms with Crippen LogP contribution in [-0.2, 0) is 0 Å². The number of methoxy groups -OCH3 is 1. The van der Waals surface area contributed by atoms with Gasteiger partial charge in [0.2, 0.25) is 0 Å². The molecule has 0 unspecified atom stereocenters. The van der Waals surface area contributed by atoms with Crippen LogP contribution >= 0.6 is 0 Å². The van der Waals surface area contributed by atoms with E-state index in [9.17, 15) is 9.59 Å². The third-order valence-corrected chi connectivity index (χ3v) is 2.50. The molecule has 0 saturated heterocycles. The molecule has 0 saturated carbocycles. The van der Waals surface area contributed by atoms with E-state index in [0.717, 1.165) is 0 Å². The number of carboxylic acid groups (broad SMARTS) is 1. The summed E-state index contributed by atoms with van der Waals surface area (Å²) < 4.78 is 5.03. The SMILES string of the molecule is COc1cnccc1C(=O)Nc1cc(C(=O)O)ccn1. The van der Waals surface area contributed by atoms with Gasteiger partial charge in [0.25, 0.3) is 5.91 Å². The topological polar surface area (TPSA) is 101 Å². The number of aromatic carboxylic acids is 1. The maximum Gasteiger partial charge on any atom is 0.335 e. The summed E-state index contributed by atoms with van der Waals surface area (Å²) in [6.07, 6.45) is 4.18. The van der Waals surface area contributed by atoms with Gasteiger partial charge in [-0.2, -0.15) is 0 Å². The summed E-state index contributed by atoms with van der Waals surface area (Å²) in [5.74, 6) is -1.09. The Hall–Kier alpha value is -2.96. The number of anilines is 1. The Bertz CT molecular complexity index is 658. The zero-order valence-corrected chi connectivity index (χ0v) is 10.5. The summed E-state index contributed by atoms with van der Waals surface area (Å²) in [5, 5.41) is 11.4. The number of pyridine rings is 2. The van der Waals surface area contributed by atoms with Gasteiger partial charge >= 0.3 is 5.97 Å². The Kier molecular flexibility index (Phi) is 3.90. The zero-order valence-electron chi connectivity index (χ0n) is 10.5. The van der Waals surface area contributed by atoms with Crippen LogP contribution in [0.4, 0.5) is 5.82 Å². The number of aromatic nitrogens is 2. The minimum Gasteiger partial charge on any atom is -0.494 e. The largest absolute Gasteiger partial charge is 0.494 e. The molecule has 1 amide bonds. The smallest absolute Gasteiger partial charge is 0.335 e. The van der Waals surface area contributed by atoms with E-state index in [1.165, 1.54) is 43.9 Å². The molecule has 2 rings (SSSR count). The Morgan fingerprint density at radius 2 is 2.10 bits per heavy atom. The lowest BCUT2D eigenvalue weighted by molar-refractivity contribution is 0.0696. The molecular formula is C13H11N3O4. The number of nitrogens with zero attached hydrogens (tertiary/aromatic N) is 2. The van der Waals surface area contributed by atoms with Crippen LogP contribution in [0.2, 0.25) is 0 Å². The number of rotatable bonds is 4. The minimum atomic E-state index is -1.09. The molecule has 0 aromatic carbocycles. The van der Waals surface area contributed by atoms with Gasteiger partial charge in [0.05, 0.1) is 24.4 Å². The van der Waals surface area contributed by atoms with Crippen LogP contribution in [0.1, 0.15) is 20.7 Å². The molecule has 0 aliphatic rings. The molecule has 20 heavy (non-hydrogen) atoms. The van der Waals surface area contributed by atoms with Crippen molar-refractivity contribution in [3.05, 3.63) is 47.9 Å². The van der Waals surface area contributed by atoms with E-state index in [1.54, 1.807) is 0 Å². The maximum atomic E-state index is 12.1. The van der Waals surface area contributed by atoms with E-state index in [1.807, 2.05) is 0 Å². The first-order chi connectivity index (χ1) is 9.61. The van der Waals surface area contributed by atoms with Gasteiger partial charge in [-0.1, -0.05) is 0 Å². The molecule has 102 valence electrons. The van der Waals surface area contributed by atoms with Gasteiger partial charge in [-0.3, -0.25) is 9.78 Å². The Morgan fingerprint density at radius 1 is 1.30 bits per heavy atom. The number of carboxylic acids is 1. The van der Waals surface area contributed by atoms with E-state index in [2.05, 4.69) is 15.3 Å².